The molecule has 0 saturated heterocycles. The van der Waals surface area contributed by atoms with Crippen molar-refractivity contribution in [1.82, 2.24) is 10.3 Å². The molecular weight excluding hydrogens is 310 g/mol. The fourth-order valence-corrected chi connectivity index (χ4v) is 1.65. The van der Waals surface area contributed by atoms with Gasteiger partial charge >= 0.3 is 0 Å². The molecule has 8 nitrogen and oxygen atoms in total. The summed E-state index contributed by atoms with van der Waals surface area (Å²) in [5.41, 5.74) is 7.46. The molecule has 122 valence electrons. The van der Waals surface area contributed by atoms with Gasteiger partial charge in [-0.3, -0.25) is 4.79 Å². The van der Waals surface area contributed by atoms with Crippen LogP contribution >= 0.6 is 0 Å². The van der Waals surface area contributed by atoms with E-state index in [2.05, 4.69) is 20.8 Å². The second-order valence-corrected chi connectivity index (χ2v) is 4.17. The van der Waals surface area contributed by atoms with Gasteiger partial charge in [0.2, 0.25) is 0 Å². The number of ketones is 1. The summed E-state index contributed by atoms with van der Waals surface area (Å²) in [6, 6.07) is 19.6. The van der Waals surface area contributed by atoms with Crippen LogP contribution in [0, 0.1) is 11.3 Å². The third kappa shape index (κ3) is 5.34. The minimum atomic E-state index is -0.486. The fraction of sp³-hybridized carbons (Fsp3) is 0. The lowest BCUT2D eigenvalue weighted by atomic mass is 10.1. The van der Waals surface area contributed by atoms with Crippen molar-refractivity contribution in [2.24, 2.45) is 5.90 Å². The largest absolute Gasteiger partial charge is 0.379 e. The van der Waals surface area contributed by atoms with E-state index in [0.717, 1.165) is 5.56 Å². The molecule has 0 bridgehead atoms. The molecule has 0 unspecified atom stereocenters. The number of hydrogen-bond acceptors (Lipinski definition) is 8. The van der Waals surface area contributed by atoms with Gasteiger partial charge in [-0.25, -0.2) is 10.5 Å². The van der Waals surface area contributed by atoms with Gasteiger partial charge in [0.05, 0.1) is 0 Å². The first kappa shape index (κ1) is 18.5. The van der Waals surface area contributed by atoms with Gasteiger partial charge in [-0.05, 0) is 10.3 Å². The maximum absolute atomic E-state index is 10.7. The molecule has 0 aliphatic rings. The van der Waals surface area contributed by atoms with Crippen molar-refractivity contribution in [2.45, 2.75) is 0 Å². The van der Waals surface area contributed by atoms with E-state index in [9.17, 15) is 4.79 Å². The van der Waals surface area contributed by atoms with Crippen LogP contribution in [0.2, 0.25) is 0 Å². The van der Waals surface area contributed by atoms with Crippen LogP contribution in [0.3, 0.4) is 0 Å². The molecule has 3 rings (SSSR count). The van der Waals surface area contributed by atoms with Gasteiger partial charge in [0, 0.05) is 11.1 Å². The van der Waals surface area contributed by atoms with Crippen LogP contribution in [-0.4, -0.2) is 21.3 Å². The Kier molecular flexibility index (Phi) is 7.89. The Hall–Kier alpha value is -3.54. The Balaban J connectivity index is 0.000000221. The summed E-state index contributed by atoms with van der Waals surface area (Å²) in [5, 5.41) is 21.8. The SMILES string of the molecule is N#CC(=O)c1ccccc1.NO.Nc1nonc1-c1ccccc1. The zero-order chi connectivity index (χ0) is 17.8. The number of Topliss-reactive ketones (excluding diaryl/α,β-unsaturated/α-hetero) is 1. The topological polar surface area (TPSA) is 152 Å². The average molecular weight is 325 g/mol. The Morgan fingerprint density at radius 3 is 2.00 bits per heavy atom. The van der Waals surface area contributed by atoms with Crippen molar-refractivity contribution in [3.63, 3.8) is 0 Å². The quantitative estimate of drug-likeness (QED) is 0.367. The molecule has 8 heteroatoms. The van der Waals surface area contributed by atoms with Crippen LogP contribution in [-0.2, 0) is 0 Å². The van der Waals surface area contributed by atoms with E-state index in [1.165, 1.54) is 0 Å². The van der Waals surface area contributed by atoms with Crippen molar-refractivity contribution in [2.75, 3.05) is 5.73 Å². The highest BCUT2D eigenvalue weighted by Gasteiger charge is 2.06. The normalized spacial score (nSPS) is 8.71. The summed E-state index contributed by atoms with van der Waals surface area (Å²) >= 11 is 0. The van der Waals surface area contributed by atoms with E-state index >= 15 is 0 Å². The number of carbonyl (C=O) groups excluding carboxylic acids is 1. The molecular formula is C16H15N5O3. The van der Waals surface area contributed by atoms with Gasteiger partial charge < -0.3 is 10.9 Å². The van der Waals surface area contributed by atoms with Gasteiger partial charge in [0.25, 0.3) is 5.78 Å². The highest BCUT2D eigenvalue weighted by Crippen LogP contribution is 2.20. The second-order valence-electron chi connectivity index (χ2n) is 4.17. The monoisotopic (exact) mass is 325 g/mol. The summed E-state index contributed by atoms with van der Waals surface area (Å²) in [6.45, 7) is 0. The van der Waals surface area contributed by atoms with E-state index in [1.54, 1.807) is 36.4 Å². The molecule has 0 saturated carbocycles. The maximum atomic E-state index is 10.7. The molecule has 0 radical (unpaired) electrons. The molecule has 0 aliphatic carbocycles. The number of benzene rings is 2. The second kappa shape index (κ2) is 10.2. The number of anilines is 1. The molecule has 2 aromatic carbocycles. The number of nitrogens with zero attached hydrogens (tertiary/aromatic N) is 3. The van der Waals surface area contributed by atoms with E-state index in [-0.39, 0.29) is 0 Å². The van der Waals surface area contributed by atoms with Crippen LogP contribution in [0.5, 0.6) is 0 Å². The Bertz CT molecular complexity index is 782. The molecule has 0 aliphatic heterocycles. The first-order valence-electron chi connectivity index (χ1n) is 6.61. The first-order valence-corrected chi connectivity index (χ1v) is 6.61. The number of aromatic nitrogens is 2. The Morgan fingerprint density at radius 2 is 1.54 bits per heavy atom. The highest BCUT2D eigenvalue weighted by molar-refractivity contribution is 6.07. The van der Waals surface area contributed by atoms with Gasteiger partial charge in [-0.2, -0.15) is 5.26 Å². The maximum Gasteiger partial charge on any atom is 0.262 e. The van der Waals surface area contributed by atoms with Crippen LogP contribution in [0.1, 0.15) is 10.4 Å². The third-order valence-corrected chi connectivity index (χ3v) is 2.70. The average Bonchev–Trinajstić information content (AvgIpc) is 3.10. The lowest BCUT2D eigenvalue weighted by molar-refractivity contribution is 0.105. The molecule has 3 aromatic rings. The number of nitrogen functional groups attached to an aromatic ring is 1. The number of rotatable bonds is 2. The van der Waals surface area contributed by atoms with Crippen molar-refractivity contribution in [3.05, 3.63) is 66.2 Å². The number of nitrogens with two attached hydrogens (primary N) is 2. The van der Waals surface area contributed by atoms with Crippen molar-refractivity contribution in [1.29, 1.82) is 5.26 Å². The van der Waals surface area contributed by atoms with Crippen LogP contribution in [0.25, 0.3) is 11.3 Å². The number of carbonyl (C=O) groups is 1. The third-order valence-electron chi connectivity index (χ3n) is 2.70. The summed E-state index contributed by atoms with van der Waals surface area (Å²) in [4.78, 5) is 10.7. The van der Waals surface area contributed by atoms with E-state index in [1.807, 2.05) is 30.3 Å². The van der Waals surface area contributed by atoms with Crippen LogP contribution < -0.4 is 11.6 Å². The van der Waals surface area contributed by atoms with Crippen molar-refractivity contribution in [3.8, 4) is 17.3 Å². The Morgan fingerprint density at radius 1 is 1.00 bits per heavy atom. The zero-order valence-corrected chi connectivity index (χ0v) is 12.5. The summed E-state index contributed by atoms with van der Waals surface area (Å²) in [7, 11) is 0. The van der Waals surface area contributed by atoms with Gasteiger partial charge in [-0.1, -0.05) is 60.7 Å². The van der Waals surface area contributed by atoms with Gasteiger partial charge in [-0.15, -0.1) is 0 Å². The fourth-order valence-electron chi connectivity index (χ4n) is 1.65. The zero-order valence-electron chi connectivity index (χ0n) is 12.5. The van der Waals surface area contributed by atoms with Crippen LogP contribution in [0.15, 0.2) is 65.3 Å². The molecule has 1 heterocycles. The predicted octanol–water partition coefficient (Wildman–Crippen LogP) is 2.05. The molecule has 0 atom stereocenters. The van der Waals surface area contributed by atoms with E-state index in [0.29, 0.717) is 17.1 Å². The Labute approximate surface area is 137 Å². The summed E-state index contributed by atoms with van der Waals surface area (Å²) in [6.07, 6.45) is 0. The van der Waals surface area contributed by atoms with Gasteiger partial charge in [0.1, 0.15) is 6.07 Å². The van der Waals surface area contributed by atoms with E-state index < -0.39 is 5.78 Å². The predicted molar refractivity (Wildman–Crippen MR) is 86.5 cm³/mol. The molecule has 24 heavy (non-hydrogen) atoms. The number of nitriles is 1. The molecule has 0 fully saturated rings. The minimum Gasteiger partial charge on any atom is -0.379 e. The summed E-state index contributed by atoms with van der Waals surface area (Å²) < 4.78 is 4.47. The lowest BCUT2D eigenvalue weighted by Crippen LogP contribution is -1.91. The van der Waals surface area contributed by atoms with Gasteiger partial charge in [0.15, 0.2) is 11.5 Å². The smallest absolute Gasteiger partial charge is 0.262 e. The van der Waals surface area contributed by atoms with Crippen molar-refractivity contribution >= 4 is 11.6 Å². The summed E-state index contributed by atoms with van der Waals surface area (Å²) in [5.74, 6) is 3.34. The molecule has 1 aromatic heterocycles. The molecule has 0 spiro atoms. The molecule has 0 amide bonds. The minimum absolute atomic E-state index is 0.321. The lowest BCUT2D eigenvalue weighted by Gasteiger charge is -1.92. The number of hydrogen-bond donors (Lipinski definition) is 3. The molecule has 5 N–H and O–H groups in total. The standard InChI is InChI=1S/C8H7N3O.C8H5NO.H3NO/c9-8-7(10-12-11-8)6-4-2-1-3-5-6;9-6-8(10)7-4-2-1-3-5-7;1-2/h1-5H,(H2,9,11);1-5H;2H,1H2. The first-order chi connectivity index (χ1) is 11.7. The highest BCUT2D eigenvalue weighted by atomic mass is 16.6. The van der Waals surface area contributed by atoms with Crippen molar-refractivity contribution < 1.29 is 14.6 Å². The van der Waals surface area contributed by atoms with Crippen LogP contribution in [0.4, 0.5) is 5.82 Å². The van der Waals surface area contributed by atoms with E-state index in [4.69, 9.17) is 16.2 Å².